The smallest absolute Gasteiger partial charge is 0.0246 e. The van der Waals surface area contributed by atoms with E-state index in [-0.39, 0.29) is 0 Å². The van der Waals surface area contributed by atoms with Crippen LogP contribution in [-0.4, -0.2) is 37.1 Å². The lowest BCUT2D eigenvalue weighted by molar-refractivity contribution is 0.171. The average molecular weight is 140 g/mol. The molecule has 1 aliphatic heterocycles. The molecule has 2 heteroatoms. The normalized spacial score (nSPS) is 41.7. The zero-order chi connectivity index (χ0) is 6.97. The van der Waals surface area contributed by atoms with Crippen molar-refractivity contribution in [3.05, 3.63) is 0 Å². The molecule has 2 aliphatic rings. The summed E-state index contributed by atoms with van der Waals surface area (Å²) in [6, 6.07) is 1.67. The van der Waals surface area contributed by atoms with Gasteiger partial charge in [-0.15, -0.1) is 0 Å². The predicted octanol–water partition coefficient (Wildman–Crippen LogP) is 0.442. The maximum Gasteiger partial charge on any atom is 0.0246 e. The quantitative estimate of drug-likeness (QED) is 0.525. The van der Waals surface area contributed by atoms with Gasteiger partial charge in [0.1, 0.15) is 0 Å². The van der Waals surface area contributed by atoms with Crippen LogP contribution in [0.4, 0.5) is 0 Å². The molecule has 0 unspecified atom stereocenters. The van der Waals surface area contributed by atoms with Crippen molar-refractivity contribution in [3.63, 3.8) is 0 Å². The monoisotopic (exact) mass is 140 g/mol. The highest BCUT2D eigenvalue weighted by atomic mass is 15.2. The van der Waals surface area contributed by atoms with Gasteiger partial charge in [-0.25, -0.2) is 0 Å². The van der Waals surface area contributed by atoms with Crippen LogP contribution in [-0.2, 0) is 0 Å². The molecule has 0 bridgehead atoms. The van der Waals surface area contributed by atoms with Gasteiger partial charge in [0.15, 0.2) is 0 Å². The third kappa shape index (κ3) is 0.956. The Balaban J connectivity index is 2.03. The summed E-state index contributed by atoms with van der Waals surface area (Å²) in [7, 11) is 2.25. The Morgan fingerprint density at radius 3 is 3.10 bits per heavy atom. The van der Waals surface area contributed by atoms with Crippen molar-refractivity contribution in [2.45, 2.75) is 31.3 Å². The second-order valence-corrected chi connectivity index (χ2v) is 3.54. The fourth-order valence-electron chi connectivity index (χ4n) is 2.30. The average Bonchev–Trinajstić information content (AvgIpc) is 2.36. The number of fused-ring (bicyclic) bond motifs is 1. The molecule has 0 radical (unpaired) electrons. The minimum absolute atomic E-state index is 0.818. The summed E-state index contributed by atoms with van der Waals surface area (Å²) in [5.74, 6) is 0. The van der Waals surface area contributed by atoms with E-state index in [9.17, 15) is 0 Å². The van der Waals surface area contributed by atoms with Crippen LogP contribution in [0.15, 0.2) is 0 Å². The Morgan fingerprint density at radius 2 is 2.30 bits per heavy atom. The van der Waals surface area contributed by atoms with Crippen LogP contribution in [0.5, 0.6) is 0 Å². The maximum atomic E-state index is 3.57. The fourth-order valence-corrected chi connectivity index (χ4v) is 2.30. The Bertz CT molecular complexity index is 124. The molecule has 2 atom stereocenters. The lowest BCUT2D eigenvalue weighted by atomic mass is 10.1. The zero-order valence-electron chi connectivity index (χ0n) is 6.64. The Labute approximate surface area is 62.6 Å². The van der Waals surface area contributed by atoms with Crippen LogP contribution in [0.2, 0.25) is 0 Å². The molecule has 1 saturated carbocycles. The molecule has 2 fully saturated rings. The summed E-state index contributed by atoms with van der Waals surface area (Å²) >= 11 is 0. The van der Waals surface area contributed by atoms with Crippen LogP contribution >= 0.6 is 0 Å². The highest BCUT2D eigenvalue weighted by molar-refractivity contribution is 4.92. The summed E-state index contributed by atoms with van der Waals surface area (Å²) in [5, 5.41) is 3.57. The van der Waals surface area contributed by atoms with Crippen LogP contribution in [0.1, 0.15) is 19.3 Å². The fraction of sp³-hybridized carbons (Fsp3) is 1.00. The Hall–Kier alpha value is -0.0800. The first kappa shape index (κ1) is 6.62. The van der Waals surface area contributed by atoms with Crippen molar-refractivity contribution in [1.82, 2.24) is 10.2 Å². The van der Waals surface area contributed by atoms with Gasteiger partial charge in [-0.2, -0.15) is 0 Å². The van der Waals surface area contributed by atoms with Gasteiger partial charge in [-0.1, -0.05) is 6.42 Å². The van der Waals surface area contributed by atoms with Gasteiger partial charge >= 0.3 is 0 Å². The number of piperazine rings is 1. The van der Waals surface area contributed by atoms with Crippen LogP contribution < -0.4 is 5.32 Å². The molecule has 0 aromatic heterocycles. The van der Waals surface area contributed by atoms with Crippen molar-refractivity contribution in [2.75, 3.05) is 20.1 Å². The third-order valence-electron chi connectivity index (χ3n) is 2.92. The molecular formula is C8H16N2. The van der Waals surface area contributed by atoms with Gasteiger partial charge in [0.25, 0.3) is 0 Å². The summed E-state index contributed by atoms with van der Waals surface area (Å²) in [5.41, 5.74) is 0. The molecule has 1 N–H and O–H groups in total. The van der Waals surface area contributed by atoms with E-state index in [1.807, 2.05) is 0 Å². The molecule has 2 rings (SSSR count). The van der Waals surface area contributed by atoms with Gasteiger partial charge in [-0.3, -0.25) is 0 Å². The number of nitrogens with zero attached hydrogens (tertiary/aromatic N) is 1. The van der Waals surface area contributed by atoms with E-state index in [2.05, 4.69) is 17.3 Å². The van der Waals surface area contributed by atoms with E-state index in [4.69, 9.17) is 0 Å². The summed E-state index contributed by atoms with van der Waals surface area (Å²) in [6.45, 7) is 2.43. The lowest BCUT2D eigenvalue weighted by Crippen LogP contribution is -2.53. The molecular weight excluding hydrogens is 124 g/mol. The van der Waals surface area contributed by atoms with E-state index in [0.29, 0.717) is 0 Å². The van der Waals surface area contributed by atoms with Crippen molar-refractivity contribution in [1.29, 1.82) is 0 Å². The van der Waals surface area contributed by atoms with Crippen molar-refractivity contribution < 1.29 is 0 Å². The zero-order valence-corrected chi connectivity index (χ0v) is 6.64. The van der Waals surface area contributed by atoms with Gasteiger partial charge in [0.05, 0.1) is 0 Å². The first-order valence-electron chi connectivity index (χ1n) is 4.31. The van der Waals surface area contributed by atoms with Crippen LogP contribution in [0.3, 0.4) is 0 Å². The summed E-state index contributed by atoms with van der Waals surface area (Å²) in [4.78, 5) is 2.51. The van der Waals surface area contributed by atoms with Crippen molar-refractivity contribution in [2.24, 2.45) is 0 Å². The SMILES string of the molecule is CN1CCN[C@@H]2CCC[C@H]21. The summed E-state index contributed by atoms with van der Waals surface area (Å²) in [6.07, 6.45) is 4.23. The Kier molecular flexibility index (Phi) is 1.66. The highest BCUT2D eigenvalue weighted by Crippen LogP contribution is 2.24. The van der Waals surface area contributed by atoms with Crippen LogP contribution in [0, 0.1) is 0 Å². The van der Waals surface area contributed by atoms with Gasteiger partial charge < -0.3 is 10.2 Å². The number of nitrogens with one attached hydrogen (secondary N) is 1. The van der Waals surface area contributed by atoms with Gasteiger partial charge in [0, 0.05) is 25.2 Å². The molecule has 0 aromatic rings. The molecule has 1 heterocycles. The second kappa shape index (κ2) is 2.51. The summed E-state index contributed by atoms with van der Waals surface area (Å²) < 4.78 is 0. The molecule has 58 valence electrons. The molecule has 1 saturated heterocycles. The van der Waals surface area contributed by atoms with E-state index in [1.165, 1.54) is 32.4 Å². The number of rotatable bonds is 0. The van der Waals surface area contributed by atoms with E-state index < -0.39 is 0 Å². The maximum absolute atomic E-state index is 3.57. The first-order chi connectivity index (χ1) is 4.88. The topological polar surface area (TPSA) is 15.3 Å². The molecule has 0 aromatic carbocycles. The van der Waals surface area contributed by atoms with Crippen molar-refractivity contribution in [3.8, 4) is 0 Å². The van der Waals surface area contributed by atoms with E-state index in [0.717, 1.165) is 12.1 Å². The molecule has 1 aliphatic carbocycles. The number of likely N-dealkylation sites (N-methyl/N-ethyl adjacent to an activating group) is 1. The van der Waals surface area contributed by atoms with E-state index >= 15 is 0 Å². The van der Waals surface area contributed by atoms with Crippen molar-refractivity contribution >= 4 is 0 Å². The van der Waals surface area contributed by atoms with Crippen LogP contribution in [0.25, 0.3) is 0 Å². The molecule has 0 amide bonds. The minimum Gasteiger partial charge on any atom is -0.311 e. The van der Waals surface area contributed by atoms with Gasteiger partial charge in [0.2, 0.25) is 0 Å². The Morgan fingerprint density at radius 1 is 1.40 bits per heavy atom. The predicted molar refractivity (Wildman–Crippen MR) is 42.1 cm³/mol. The third-order valence-corrected chi connectivity index (χ3v) is 2.92. The second-order valence-electron chi connectivity index (χ2n) is 3.54. The highest BCUT2D eigenvalue weighted by Gasteiger charge is 2.32. The number of hydrogen-bond donors (Lipinski definition) is 1. The van der Waals surface area contributed by atoms with Gasteiger partial charge in [-0.05, 0) is 19.9 Å². The minimum atomic E-state index is 0.818. The van der Waals surface area contributed by atoms with E-state index in [1.54, 1.807) is 0 Å². The first-order valence-corrected chi connectivity index (χ1v) is 4.31. The molecule has 2 nitrogen and oxygen atoms in total. The largest absolute Gasteiger partial charge is 0.311 e. The molecule has 10 heavy (non-hydrogen) atoms. The standard InChI is InChI=1S/C8H16N2/c1-10-6-5-9-7-3-2-4-8(7)10/h7-9H,2-6H2,1H3/t7-,8-/m1/s1. The number of hydrogen-bond acceptors (Lipinski definition) is 2. The molecule has 0 spiro atoms. The lowest BCUT2D eigenvalue weighted by Gasteiger charge is -2.35.